The van der Waals surface area contributed by atoms with Crippen molar-refractivity contribution in [3.63, 3.8) is 0 Å². The van der Waals surface area contributed by atoms with Crippen LogP contribution in [0.1, 0.15) is 104 Å². The summed E-state index contributed by atoms with van der Waals surface area (Å²) in [5.74, 6) is -0.00835. The topological polar surface area (TPSA) is 52.6 Å². The van der Waals surface area contributed by atoms with Crippen molar-refractivity contribution < 1.29 is 19.1 Å². The van der Waals surface area contributed by atoms with Gasteiger partial charge in [0.05, 0.1) is 0 Å². The Bertz CT molecular complexity index is 320. The van der Waals surface area contributed by atoms with Gasteiger partial charge >= 0.3 is 11.9 Å². The Labute approximate surface area is 147 Å². The maximum atomic E-state index is 10.7. The number of esters is 2. The molecule has 0 spiro atoms. The number of carbonyl (C=O) groups is 2. The number of carbonyl (C=O) groups excluding carboxylic acids is 2. The van der Waals surface area contributed by atoms with Crippen LogP contribution in [-0.4, -0.2) is 24.1 Å². The minimum Gasteiger partial charge on any atom is -0.462 e. The van der Waals surface area contributed by atoms with E-state index in [1.807, 2.05) is 0 Å². The summed E-state index contributed by atoms with van der Waals surface area (Å²) in [6.45, 7) is 4.41. The summed E-state index contributed by atoms with van der Waals surface area (Å²) in [5.41, 5.74) is 0. The third-order valence-corrected chi connectivity index (χ3v) is 4.70. The molecule has 2 fully saturated rings. The molecule has 24 heavy (non-hydrogen) atoms. The lowest BCUT2D eigenvalue weighted by Crippen LogP contribution is -2.05. The Morgan fingerprint density at radius 2 is 1.12 bits per heavy atom. The molecule has 0 aliphatic carbocycles. The molecule has 2 atom stereocenters. The minimum absolute atomic E-state index is 0.00417. The van der Waals surface area contributed by atoms with E-state index < -0.39 is 0 Å². The molecule has 0 aromatic heterocycles. The van der Waals surface area contributed by atoms with Crippen LogP contribution in [0.5, 0.6) is 0 Å². The molecule has 0 aromatic rings. The fourth-order valence-corrected chi connectivity index (χ4v) is 3.17. The highest BCUT2D eigenvalue weighted by Crippen LogP contribution is 2.20. The average Bonchev–Trinajstić information content (AvgIpc) is 3.17. The van der Waals surface area contributed by atoms with E-state index in [0.29, 0.717) is 12.8 Å². The van der Waals surface area contributed by atoms with Gasteiger partial charge in [0.25, 0.3) is 0 Å². The first kappa shape index (κ1) is 21.0. The minimum atomic E-state index is -0.00417. The van der Waals surface area contributed by atoms with E-state index in [0.717, 1.165) is 25.7 Å². The maximum absolute atomic E-state index is 10.7. The highest BCUT2D eigenvalue weighted by molar-refractivity contribution is 5.71. The molecule has 0 bridgehead atoms. The Hall–Kier alpha value is -1.06. The van der Waals surface area contributed by atoms with Crippen molar-refractivity contribution in [2.24, 2.45) is 0 Å². The third kappa shape index (κ3) is 9.94. The number of cyclic esters (lactones) is 2. The average molecular weight is 341 g/mol. The lowest BCUT2D eigenvalue weighted by Gasteiger charge is -2.07. The molecule has 0 saturated carbocycles. The van der Waals surface area contributed by atoms with Gasteiger partial charge in [-0.05, 0) is 38.5 Å². The van der Waals surface area contributed by atoms with Crippen molar-refractivity contribution in [2.45, 2.75) is 116 Å². The van der Waals surface area contributed by atoms with Crippen molar-refractivity contribution in [3.8, 4) is 0 Å². The van der Waals surface area contributed by atoms with Crippen molar-refractivity contribution in [3.05, 3.63) is 0 Å². The predicted octanol–water partition coefficient (Wildman–Crippen LogP) is 5.32. The quantitative estimate of drug-likeness (QED) is 0.399. The molecule has 0 aromatic carbocycles. The molecule has 0 amide bonds. The standard InChI is InChI=1S/2C10H18O2/c2*1-2-3-4-5-6-9-7-8-10(11)12-9/h2*9H,2-8H2,1H3. The van der Waals surface area contributed by atoms with Crippen LogP contribution < -0.4 is 0 Å². The first-order valence-electron chi connectivity index (χ1n) is 10.0. The van der Waals surface area contributed by atoms with Crippen molar-refractivity contribution in [1.29, 1.82) is 0 Å². The second kappa shape index (κ2) is 13.3. The molecular formula is C20H36O4. The lowest BCUT2D eigenvalue weighted by molar-refractivity contribution is -0.142. The Kier molecular flexibility index (Phi) is 11.6. The predicted molar refractivity (Wildman–Crippen MR) is 95.7 cm³/mol. The highest BCUT2D eigenvalue weighted by Gasteiger charge is 2.22. The normalized spacial score (nSPS) is 22.8. The fraction of sp³-hybridized carbons (Fsp3) is 0.900. The SMILES string of the molecule is CCCCCCC1CCC(=O)O1.CCCCCCC1CCC(=O)O1. The van der Waals surface area contributed by atoms with Crippen LogP contribution in [0, 0.1) is 0 Å². The largest absolute Gasteiger partial charge is 0.462 e. The van der Waals surface area contributed by atoms with Crippen LogP contribution in [0.2, 0.25) is 0 Å². The molecule has 4 heteroatoms. The Morgan fingerprint density at radius 1 is 0.708 bits per heavy atom. The van der Waals surface area contributed by atoms with Crippen molar-refractivity contribution >= 4 is 11.9 Å². The van der Waals surface area contributed by atoms with Gasteiger partial charge in [0, 0.05) is 12.8 Å². The number of unbranched alkanes of at least 4 members (excludes halogenated alkanes) is 6. The second-order valence-corrected chi connectivity index (χ2v) is 7.00. The van der Waals surface area contributed by atoms with E-state index in [4.69, 9.17) is 9.47 Å². The van der Waals surface area contributed by atoms with Gasteiger partial charge < -0.3 is 9.47 Å². The number of hydrogen-bond donors (Lipinski definition) is 0. The van der Waals surface area contributed by atoms with Crippen LogP contribution in [0.4, 0.5) is 0 Å². The summed E-state index contributed by atoms with van der Waals surface area (Å²) in [6, 6.07) is 0. The summed E-state index contributed by atoms with van der Waals surface area (Å²) in [7, 11) is 0. The molecule has 0 radical (unpaired) electrons. The zero-order valence-electron chi connectivity index (χ0n) is 15.7. The van der Waals surface area contributed by atoms with Crippen LogP contribution in [0.25, 0.3) is 0 Å². The monoisotopic (exact) mass is 340 g/mol. The second-order valence-electron chi connectivity index (χ2n) is 7.00. The van der Waals surface area contributed by atoms with Gasteiger partial charge in [-0.2, -0.15) is 0 Å². The molecule has 2 saturated heterocycles. The summed E-state index contributed by atoms with van der Waals surface area (Å²) in [5, 5.41) is 0. The molecule has 0 N–H and O–H groups in total. The number of hydrogen-bond acceptors (Lipinski definition) is 4. The van der Waals surface area contributed by atoms with Crippen molar-refractivity contribution in [2.75, 3.05) is 0 Å². The van der Waals surface area contributed by atoms with Crippen LogP contribution in [0.3, 0.4) is 0 Å². The molecule has 2 unspecified atom stereocenters. The van der Waals surface area contributed by atoms with Gasteiger partial charge in [-0.15, -0.1) is 0 Å². The Morgan fingerprint density at radius 3 is 1.42 bits per heavy atom. The first-order chi connectivity index (χ1) is 11.7. The van der Waals surface area contributed by atoms with E-state index in [1.165, 1.54) is 51.4 Å². The smallest absolute Gasteiger partial charge is 0.306 e. The van der Waals surface area contributed by atoms with E-state index >= 15 is 0 Å². The molecular weight excluding hydrogens is 304 g/mol. The fourth-order valence-electron chi connectivity index (χ4n) is 3.17. The molecule has 2 aliphatic rings. The highest BCUT2D eigenvalue weighted by atomic mass is 16.6. The zero-order chi connectivity index (χ0) is 17.6. The van der Waals surface area contributed by atoms with Crippen LogP contribution in [0.15, 0.2) is 0 Å². The van der Waals surface area contributed by atoms with E-state index in [1.54, 1.807) is 0 Å². The summed E-state index contributed by atoms with van der Waals surface area (Å²) < 4.78 is 10.2. The molecule has 2 aliphatic heterocycles. The zero-order valence-corrected chi connectivity index (χ0v) is 15.7. The number of rotatable bonds is 10. The van der Waals surface area contributed by atoms with Crippen LogP contribution in [-0.2, 0) is 19.1 Å². The van der Waals surface area contributed by atoms with Gasteiger partial charge in [-0.25, -0.2) is 0 Å². The lowest BCUT2D eigenvalue weighted by atomic mass is 10.1. The molecule has 140 valence electrons. The van der Waals surface area contributed by atoms with Gasteiger partial charge in [0.1, 0.15) is 12.2 Å². The van der Waals surface area contributed by atoms with Gasteiger partial charge in [0.15, 0.2) is 0 Å². The summed E-state index contributed by atoms with van der Waals surface area (Å²) in [4.78, 5) is 21.4. The Balaban J connectivity index is 0.000000240. The summed E-state index contributed by atoms with van der Waals surface area (Å²) >= 11 is 0. The molecule has 2 heterocycles. The number of ether oxygens (including phenoxy) is 2. The summed E-state index contributed by atoms with van der Waals surface area (Å²) in [6.07, 6.45) is 16.0. The first-order valence-corrected chi connectivity index (χ1v) is 10.0. The molecule has 2 rings (SSSR count). The van der Waals surface area contributed by atoms with Crippen LogP contribution >= 0.6 is 0 Å². The van der Waals surface area contributed by atoms with Gasteiger partial charge in [0.2, 0.25) is 0 Å². The van der Waals surface area contributed by atoms with Gasteiger partial charge in [-0.1, -0.05) is 52.4 Å². The van der Waals surface area contributed by atoms with E-state index in [-0.39, 0.29) is 24.1 Å². The maximum Gasteiger partial charge on any atom is 0.306 e. The van der Waals surface area contributed by atoms with E-state index in [9.17, 15) is 9.59 Å². The van der Waals surface area contributed by atoms with Gasteiger partial charge in [-0.3, -0.25) is 9.59 Å². The molecule has 4 nitrogen and oxygen atoms in total. The third-order valence-electron chi connectivity index (χ3n) is 4.70. The van der Waals surface area contributed by atoms with E-state index in [2.05, 4.69) is 13.8 Å². The van der Waals surface area contributed by atoms with Crippen molar-refractivity contribution in [1.82, 2.24) is 0 Å².